The fourth-order valence-electron chi connectivity index (χ4n) is 2.13. The molecule has 0 unspecified atom stereocenters. The molecule has 0 bridgehead atoms. The lowest BCUT2D eigenvalue weighted by Crippen LogP contribution is -2.03. The number of rotatable bonds is 1. The summed E-state index contributed by atoms with van der Waals surface area (Å²) in [7, 11) is 0. The highest BCUT2D eigenvalue weighted by atomic mass is 35.5. The topological polar surface area (TPSA) is 43.8 Å². The molecule has 102 valence electrons. The number of fused-ring (bicyclic) bond motifs is 1. The maximum Gasteiger partial charge on any atom is 0.206 e. The minimum Gasteiger partial charge on any atom is -0.369 e. The van der Waals surface area contributed by atoms with Gasteiger partial charge in [0.05, 0.1) is 16.7 Å². The molecular formula is C14H10ClF2N3. The average Bonchev–Trinajstić information content (AvgIpc) is 2.69. The number of nitrogens with two attached hydrogens (primary N) is 1. The summed E-state index contributed by atoms with van der Waals surface area (Å²) in [5, 5.41) is 0.376. The standard InChI is InChI=1S/C14H10ClF2N3/c1-7-4-13-11(6-10(7)17)19-14(18)20(13)12-5-8(15)2-3-9(12)16/h2-6H,1H3,(H2,18,19). The van der Waals surface area contributed by atoms with E-state index in [0.717, 1.165) is 0 Å². The van der Waals surface area contributed by atoms with Crippen LogP contribution in [0.5, 0.6) is 0 Å². The molecule has 2 N–H and O–H groups in total. The summed E-state index contributed by atoms with van der Waals surface area (Å²) in [6, 6.07) is 7.00. The molecule has 0 radical (unpaired) electrons. The second-order valence-electron chi connectivity index (χ2n) is 4.49. The minimum atomic E-state index is -0.484. The average molecular weight is 294 g/mol. The van der Waals surface area contributed by atoms with E-state index in [1.54, 1.807) is 13.0 Å². The van der Waals surface area contributed by atoms with E-state index < -0.39 is 5.82 Å². The highest BCUT2D eigenvalue weighted by Gasteiger charge is 2.15. The van der Waals surface area contributed by atoms with E-state index >= 15 is 0 Å². The Hall–Kier alpha value is -2.14. The van der Waals surface area contributed by atoms with E-state index in [1.165, 1.54) is 28.8 Å². The normalized spacial score (nSPS) is 11.2. The molecule has 0 aliphatic rings. The molecule has 0 atom stereocenters. The Morgan fingerprint density at radius 1 is 1.15 bits per heavy atom. The molecule has 0 spiro atoms. The van der Waals surface area contributed by atoms with Crippen LogP contribution >= 0.6 is 11.6 Å². The zero-order chi connectivity index (χ0) is 14.4. The highest BCUT2D eigenvalue weighted by Crippen LogP contribution is 2.28. The van der Waals surface area contributed by atoms with Crippen LogP contribution in [0, 0.1) is 18.6 Å². The molecule has 0 aliphatic carbocycles. The molecule has 0 amide bonds. The predicted octanol–water partition coefficient (Wildman–Crippen LogP) is 3.85. The summed E-state index contributed by atoms with van der Waals surface area (Å²) in [5.41, 5.74) is 7.34. The fraction of sp³-hybridized carbons (Fsp3) is 0.0714. The summed E-state index contributed by atoms with van der Waals surface area (Å²) in [5.74, 6) is -0.790. The van der Waals surface area contributed by atoms with Crippen LogP contribution in [0.25, 0.3) is 16.7 Å². The van der Waals surface area contributed by atoms with Crippen molar-refractivity contribution in [2.24, 2.45) is 0 Å². The third kappa shape index (κ3) is 1.91. The van der Waals surface area contributed by atoms with Gasteiger partial charge in [-0.2, -0.15) is 0 Å². The van der Waals surface area contributed by atoms with Gasteiger partial charge in [-0.25, -0.2) is 13.8 Å². The lowest BCUT2D eigenvalue weighted by molar-refractivity contribution is 0.618. The molecule has 1 heterocycles. The maximum absolute atomic E-state index is 14.0. The Balaban J connectivity index is 2.38. The quantitative estimate of drug-likeness (QED) is 0.740. The first-order chi connectivity index (χ1) is 9.47. The largest absolute Gasteiger partial charge is 0.369 e. The Labute approximate surface area is 118 Å². The van der Waals surface area contributed by atoms with Gasteiger partial charge >= 0.3 is 0 Å². The number of nitrogens with zero attached hydrogens (tertiary/aromatic N) is 2. The summed E-state index contributed by atoms with van der Waals surface area (Å²) in [4.78, 5) is 4.05. The van der Waals surface area contributed by atoms with Crippen LogP contribution < -0.4 is 5.73 Å². The van der Waals surface area contributed by atoms with Crippen LogP contribution in [0.1, 0.15) is 5.56 Å². The predicted molar refractivity (Wildman–Crippen MR) is 75.1 cm³/mol. The molecule has 3 aromatic rings. The third-order valence-electron chi connectivity index (χ3n) is 3.11. The first-order valence-electron chi connectivity index (χ1n) is 5.87. The number of halogens is 3. The van der Waals surface area contributed by atoms with Gasteiger partial charge in [0, 0.05) is 11.1 Å². The number of aryl methyl sites for hydroxylation is 1. The van der Waals surface area contributed by atoms with Crippen molar-refractivity contribution in [1.29, 1.82) is 0 Å². The number of hydrogen-bond acceptors (Lipinski definition) is 2. The fourth-order valence-corrected chi connectivity index (χ4v) is 2.30. The van der Waals surface area contributed by atoms with Crippen LogP contribution in [0.3, 0.4) is 0 Å². The van der Waals surface area contributed by atoms with Gasteiger partial charge in [-0.1, -0.05) is 11.6 Å². The van der Waals surface area contributed by atoms with Crippen molar-refractivity contribution >= 4 is 28.6 Å². The van der Waals surface area contributed by atoms with Crippen molar-refractivity contribution in [3.8, 4) is 5.69 Å². The van der Waals surface area contributed by atoms with E-state index in [2.05, 4.69) is 4.98 Å². The molecular weight excluding hydrogens is 284 g/mol. The number of nitrogen functional groups attached to an aromatic ring is 1. The number of benzene rings is 2. The molecule has 0 fully saturated rings. The van der Waals surface area contributed by atoms with Crippen molar-refractivity contribution in [2.45, 2.75) is 6.92 Å². The van der Waals surface area contributed by atoms with E-state index in [0.29, 0.717) is 21.6 Å². The molecule has 20 heavy (non-hydrogen) atoms. The van der Waals surface area contributed by atoms with Crippen LogP contribution in [-0.4, -0.2) is 9.55 Å². The lowest BCUT2D eigenvalue weighted by atomic mass is 10.2. The highest BCUT2D eigenvalue weighted by molar-refractivity contribution is 6.30. The zero-order valence-corrected chi connectivity index (χ0v) is 11.2. The SMILES string of the molecule is Cc1cc2c(cc1F)nc(N)n2-c1cc(Cl)ccc1F. The Morgan fingerprint density at radius 2 is 1.90 bits per heavy atom. The second-order valence-corrected chi connectivity index (χ2v) is 4.93. The summed E-state index contributed by atoms with van der Waals surface area (Å²) >= 11 is 5.89. The monoisotopic (exact) mass is 293 g/mol. The van der Waals surface area contributed by atoms with Crippen molar-refractivity contribution in [3.63, 3.8) is 0 Å². The van der Waals surface area contributed by atoms with Gasteiger partial charge in [-0.15, -0.1) is 0 Å². The third-order valence-corrected chi connectivity index (χ3v) is 3.35. The minimum absolute atomic E-state index is 0.0752. The smallest absolute Gasteiger partial charge is 0.206 e. The van der Waals surface area contributed by atoms with Crippen molar-refractivity contribution < 1.29 is 8.78 Å². The van der Waals surface area contributed by atoms with Crippen LogP contribution in [0.4, 0.5) is 14.7 Å². The second kappa shape index (κ2) is 4.45. The van der Waals surface area contributed by atoms with E-state index in [1.807, 2.05) is 0 Å². The molecule has 0 saturated carbocycles. The first kappa shape index (κ1) is 12.9. The van der Waals surface area contributed by atoms with Gasteiger partial charge in [-0.05, 0) is 36.8 Å². The molecule has 1 aromatic heterocycles. The van der Waals surface area contributed by atoms with Gasteiger partial charge in [0.1, 0.15) is 11.6 Å². The number of aromatic nitrogens is 2. The van der Waals surface area contributed by atoms with Crippen molar-refractivity contribution in [1.82, 2.24) is 9.55 Å². The van der Waals surface area contributed by atoms with Crippen LogP contribution in [0.2, 0.25) is 5.02 Å². The van der Waals surface area contributed by atoms with Crippen LogP contribution in [-0.2, 0) is 0 Å². The summed E-state index contributed by atoms with van der Waals surface area (Å²) in [6.07, 6.45) is 0. The van der Waals surface area contributed by atoms with Gasteiger partial charge in [0.2, 0.25) is 5.95 Å². The molecule has 0 saturated heterocycles. The van der Waals surface area contributed by atoms with Gasteiger partial charge in [0.25, 0.3) is 0 Å². The van der Waals surface area contributed by atoms with Gasteiger partial charge in [0.15, 0.2) is 0 Å². The summed E-state index contributed by atoms with van der Waals surface area (Å²) in [6.45, 7) is 1.62. The van der Waals surface area contributed by atoms with Crippen LogP contribution in [0.15, 0.2) is 30.3 Å². The van der Waals surface area contributed by atoms with E-state index in [4.69, 9.17) is 17.3 Å². The van der Waals surface area contributed by atoms with Gasteiger partial charge in [-0.3, -0.25) is 4.57 Å². The van der Waals surface area contributed by atoms with E-state index in [-0.39, 0.29) is 17.5 Å². The molecule has 6 heteroatoms. The molecule has 2 aromatic carbocycles. The molecule has 0 aliphatic heterocycles. The number of hydrogen-bond donors (Lipinski definition) is 1. The Morgan fingerprint density at radius 3 is 2.65 bits per heavy atom. The maximum atomic E-state index is 14.0. The van der Waals surface area contributed by atoms with E-state index in [9.17, 15) is 8.78 Å². The van der Waals surface area contributed by atoms with Crippen molar-refractivity contribution in [3.05, 3.63) is 52.6 Å². The summed E-state index contributed by atoms with van der Waals surface area (Å²) < 4.78 is 29.0. The van der Waals surface area contributed by atoms with Gasteiger partial charge < -0.3 is 5.73 Å². The molecule has 3 nitrogen and oxygen atoms in total. The number of anilines is 1. The Kier molecular flexibility index (Phi) is 2.87. The molecule has 3 rings (SSSR count). The zero-order valence-electron chi connectivity index (χ0n) is 10.5. The lowest BCUT2D eigenvalue weighted by Gasteiger charge is -2.08. The Bertz CT molecular complexity index is 827. The number of imidazole rings is 1. The first-order valence-corrected chi connectivity index (χ1v) is 6.24. The van der Waals surface area contributed by atoms with Crippen molar-refractivity contribution in [2.75, 3.05) is 5.73 Å².